The van der Waals surface area contributed by atoms with E-state index >= 15 is 0 Å². The molecule has 3 heterocycles. The lowest BCUT2D eigenvalue weighted by Gasteiger charge is -2.10. The Hall–Kier alpha value is -3.35. The first kappa shape index (κ1) is 19.6. The molecular formula is C24H21ClN4O2. The first-order valence-electron chi connectivity index (χ1n) is 10.1. The topological polar surface area (TPSA) is 82.0 Å². The third-order valence-corrected chi connectivity index (χ3v) is 6.32. The second-order valence-electron chi connectivity index (χ2n) is 7.87. The summed E-state index contributed by atoms with van der Waals surface area (Å²) in [4.78, 5) is 25.9. The summed E-state index contributed by atoms with van der Waals surface area (Å²) < 4.78 is 4.40. The highest BCUT2D eigenvalue weighted by Gasteiger charge is 2.36. The average Bonchev–Trinajstić information content (AvgIpc) is 3.35. The molecule has 2 amide bonds. The van der Waals surface area contributed by atoms with Gasteiger partial charge in [-0.1, -0.05) is 36.4 Å². The fraction of sp³-hybridized carbons (Fsp3) is 0.167. The number of fused-ring (bicyclic) bond motifs is 10. The van der Waals surface area contributed by atoms with Gasteiger partial charge in [0.2, 0.25) is 0 Å². The number of nitrogens with one attached hydrogen (secondary N) is 1. The molecule has 0 atom stereocenters. The van der Waals surface area contributed by atoms with E-state index in [1.165, 1.54) is 0 Å². The number of benzene rings is 3. The van der Waals surface area contributed by atoms with E-state index in [2.05, 4.69) is 26.6 Å². The van der Waals surface area contributed by atoms with Crippen molar-refractivity contribution in [3.8, 4) is 0 Å². The molecule has 31 heavy (non-hydrogen) atoms. The van der Waals surface area contributed by atoms with E-state index in [-0.39, 0.29) is 24.2 Å². The predicted molar refractivity (Wildman–Crippen MR) is 126 cm³/mol. The summed E-state index contributed by atoms with van der Waals surface area (Å²) >= 11 is 0. The average molecular weight is 433 g/mol. The summed E-state index contributed by atoms with van der Waals surface area (Å²) in [6.07, 6.45) is 0.821. The van der Waals surface area contributed by atoms with Crippen molar-refractivity contribution in [2.75, 3.05) is 6.54 Å². The number of aryl methyl sites for hydroxylation is 2. The smallest absolute Gasteiger partial charge is 0.259 e. The molecule has 0 bridgehead atoms. The molecule has 6 nitrogen and oxygen atoms in total. The summed E-state index contributed by atoms with van der Waals surface area (Å²) in [6, 6.07) is 16.1. The molecule has 0 unspecified atom stereocenters. The molecule has 7 heteroatoms. The Kier molecular flexibility index (Phi) is 4.32. The zero-order chi connectivity index (χ0) is 20.6. The molecule has 3 N–H and O–H groups in total. The van der Waals surface area contributed by atoms with Gasteiger partial charge in [-0.25, -0.2) is 0 Å². The third kappa shape index (κ3) is 2.37. The molecule has 0 spiro atoms. The van der Waals surface area contributed by atoms with Gasteiger partial charge in [-0.15, -0.1) is 12.4 Å². The van der Waals surface area contributed by atoms with E-state index in [1.54, 1.807) is 0 Å². The number of nitrogens with two attached hydrogens (primary N) is 1. The van der Waals surface area contributed by atoms with E-state index in [0.717, 1.165) is 56.6 Å². The van der Waals surface area contributed by atoms with Crippen LogP contribution in [0.25, 0.3) is 43.6 Å². The zero-order valence-electron chi connectivity index (χ0n) is 16.9. The third-order valence-electron chi connectivity index (χ3n) is 6.32. The van der Waals surface area contributed by atoms with Crippen LogP contribution in [0.1, 0.15) is 27.1 Å². The molecule has 0 fully saturated rings. The lowest BCUT2D eigenvalue weighted by molar-refractivity contribution is 0.0880. The number of nitrogens with zero attached hydrogens (tertiary/aromatic N) is 2. The van der Waals surface area contributed by atoms with Gasteiger partial charge in [0.15, 0.2) is 0 Å². The van der Waals surface area contributed by atoms with Crippen molar-refractivity contribution < 1.29 is 9.59 Å². The first-order chi connectivity index (χ1) is 14.6. The fourth-order valence-corrected chi connectivity index (χ4v) is 5.14. The van der Waals surface area contributed by atoms with Crippen LogP contribution < -0.4 is 11.1 Å². The van der Waals surface area contributed by atoms with Crippen LogP contribution in [0.5, 0.6) is 0 Å². The standard InChI is InChI=1S/C24H20N4O2.ClH/c1-27-15-9-4-2-7-13(15)17-19-20(24(30)26-23(19)29)18-14-8-3-5-10-16(14)28(12-6-11-25)22(18)21(17)27;/h2-5,7-10H,6,11-12,25H2,1H3,(H,26,29,30);1H. The van der Waals surface area contributed by atoms with Gasteiger partial charge in [0.05, 0.1) is 22.2 Å². The number of para-hydroxylation sites is 2. The number of amides is 2. The summed E-state index contributed by atoms with van der Waals surface area (Å²) in [5, 5.41) is 6.20. The molecule has 2 aromatic heterocycles. The van der Waals surface area contributed by atoms with E-state index in [4.69, 9.17) is 5.73 Å². The molecule has 0 saturated heterocycles. The van der Waals surface area contributed by atoms with Crippen molar-refractivity contribution in [1.29, 1.82) is 0 Å². The lowest BCUT2D eigenvalue weighted by atomic mass is 9.96. The number of rotatable bonds is 3. The van der Waals surface area contributed by atoms with Gasteiger partial charge in [-0.2, -0.15) is 0 Å². The van der Waals surface area contributed by atoms with Crippen molar-refractivity contribution in [3.63, 3.8) is 0 Å². The molecule has 0 radical (unpaired) electrons. The monoisotopic (exact) mass is 432 g/mol. The molecule has 0 aliphatic carbocycles. The van der Waals surface area contributed by atoms with Crippen molar-refractivity contribution >= 4 is 67.8 Å². The number of halogens is 1. The Labute approximate surface area is 184 Å². The van der Waals surface area contributed by atoms with Crippen LogP contribution in [0.3, 0.4) is 0 Å². The SMILES string of the molecule is Cl.Cn1c2ccccc2c2c3c(c4c5ccccc5n(CCCN)c4c21)C(=O)NC3=O. The van der Waals surface area contributed by atoms with Crippen LogP contribution in [0.15, 0.2) is 48.5 Å². The quantitative estimate of drug-likeness (QED) is 0.421. The van der Waals surface area contributed by atoms with E-state index in [1.807, 2.05) is 43.4 Å². The van der Waals surface area contributed by atoms with Gasteiger partial charge in [-0.3, -0.25) is 14.9 Å². The van der Waals surface area contributed by atoms with Crippen LogP contribution in [-0.2, 0) is 13.6 Å². The number of hydrogen-bond donors (Lipinski definition) is 2. The number of carbonyl (C=O) groups is 2. The van der Waals surface area contributed by atoms with Crippen molar-refractivity contribution in [2.45, 2.75) is 13.0 Å². The summed E-state index contributed by atoms with van der Waals surface area (Å²) in [5.41, 5.74) is 10.9. The van der Waals surface area contributed by atoms with Crippen LogP contribution in [0.2, 0.25) is 0 Å². The molecule has 156 valence electrons. The summed E-state index contributed by atoms with van der Waals surface area (Å²) in [5.74, 6) is -0.645. The second kappa shape index (κ2) is 6.83. The van der Waals surface area contributed by atoms with Gasteiger partial charge < -0.3 is 14.9 Å². The summed E-state index contributed by atoms with van der Waals surface area (Å²) in [6.45, 7) is 1.32. The number of carbonyl (C=O) groups excluding carboxylic acids is 2. The minimum Gasteiger partial charge on any atom is -0.342 e. The number of imide groups is 1. The van der Waals surface area contributed by atoms with Gasteiger partial charge in [0.1, 0.15) is 0 Å². The fourth-order valence-electron chi connectivity index (χ4n) is 5.14. The van der Waals surface area contributed by atoms with E-state index in [0.29, 0.717) is 17.7 Å². The van der Waals surface area contributed by atoms with Gasteiger partial charge >= 0.3 is 0 Å². The largest absolute Gasteiger partial charge is 0.342 e. The number of aromatic nitrogens is 2. The molecule has 1 aliphatic heterocycles. The summed E-state index contributed by atoms with van der Waals surface area (Å²) in [7, 11) is 2.02. The van der Waals surface area contributed by atoms with Crippen LogP contribution in [-0.4, -0.2) is 27.5 Å². The van der Waals surface area contributed by atoms with Crippen molar-refractivity contribution in [2.24, 2.45) is 12.8 Å². The van der Waals surface area contributed by atoms with Gasteiger partial charge in [0, 0.05) is 46.2 Å². The Morgan fingerprint density at radius 2 is 1.39 bits per heavy atom. The Balaban J connectivity index is 0.00000204. The van der Waals surface area contributed by atoms with Crippen LogP contribution in [0, 0.1) is 0 Å². The van der Waals surface area contributed by atoms with E-state index < -0.39 is 0 Å². The van der Waals surface area contributed by atoms with Crippen molar-refractivity contribution in [3.05, 3.63) is 59.7 Å². The second-order valence-corrected chi connectivity index (χ2v) is 7.87. The molecule has 5 aromatic rings. The first-order valence-corrected chi connectivity index (χ1v) is 10.1. The Morgan fingerprint density at radius 3 is 2.03 bits per heavy atom. The van der Waals surface area contributed by atoms with Crippen LogP contribution >= 0.6 is 12.4 Å². The van der Waals surface area contributed by atoms with Crippen molar-refractivity contribution in [1.82, 2.24) is 14.5 Å². The molecular weight excluding hydrogens is 412 g/mol. The minimum absolute atomic E-state index is 0. The highest BCUT2D eigenvalue weighted by atomic mass is 35.5. The number of hydrogen-bond acceptors (Lipinski definition) is 3. The molecule has 3 aromatic carbocycles. The minimum atomic E-state index is -0.323. The predicted octanol–water partition coefficient (Wildman–Crippen LogP) is 4.09. The molecule has 1 aliphatic rings. The van der Waals surface area contributed by atoms with Gasteiger partial charge in [0.25, 0.3) is 11.8 Å². The van der Waals surface area contributed by atoms with Crippen LogP contribution in [0.4, 0.5) is 0 Å². The maximum absolute atomic E-state index is 13.0. The van der Waals surface area contributed by atoms with E-state index in [9.17, 15) is 9.59 Å². The molecule has 6 rings (SSSR count). The Morgan fingerprint density at radius 1 is 0.839 bits per heavy atom. The lowest BCUT2D eigenvalue weighted by Crippen LogP contribution is -2.20. The zero-order valence-corrected chi connectivity index (χ0v) is 17.8. The highest BCUT2D eigenvalue weighted by Crippen LogP contribution is 2.44. The maximum Gasteiger partial charge on any atom is 0.259 e. The Bertz CT molecular complexity index is 1560. The molecule has 0 saturated carbocycles. The highest BCUT2D eigenvalue weighted by molar-refractivity contribution is 6.39. The van der Waals surface area contributed by atoms with Gasteiger partial charge in [-0.05, 0) is 25.1 Å². The maximum atomic E-state index is 13.0. The normalized spacial score (nSPS) is 13.4.